The fourth-order valence-electron chi connectivity index (χ4n) is 0.642. The van der Waals surface area contributed by atoms with E-state index in [1.54, 1.807) is 12.1 Å². The fraction of sp³-hybridized carbons (Fsp3) is 0. The maximum atomic E-state index is 9.44. The lowest BCUT2D eigenvalue weighted by atomic mass is 10.2. The van der Waals surface area contributed by atoms with Gasteiger partial charge in [0.25, 0.3) is 0 Å². The lowest BCUT2D eigenvalue weighted by Crippen LogP contribution is -1.81. The molecule has 1 nitrogen and oxygen atoms in total. The van der Waals surface area contributed by atoms with Gasteiger partial charge in [-0.05, 0) is 62.9 Å². The molecule has 11 heavy (non-hydrogen) atoms. The first kappa shape index (κ1) is 7.85. The average molecular weight is 373 g/mol. The Morgan fingerprint density at radius 2 is 2.18 bits per heavy atom. The minimum Gasteiger partial charge on any atom is -0.506 e. The van der Waals surface area contributed by atoms with Crippen LogP contribution in [0.4, 0.5) is 0 Å². The predicted octanol–water partition coefficient (Wildman–Crippen LogP) is 3.24. The maximum absolute atomic E-state index is 9.44. The Balaban J connectivity index is 3.49. The van der Waals surface area contributed by atoms with Gasteiger partial charge in [0.15, 0.2) is 0 Å². The normalized spacial score (nSPS) is 10.9. The third kappa shape index (κ3) is 2.08. The van der Waals surface area contributed by atoms with E-state index in [9.17, 15) is 5.11 Å². The smallest absolute Gasteiger partial charge is 0.142 e. The molecule has 0 saturated carbocycles. The number of phenolic OH excluding ortho intramolecular Hbond substituents is 1. The van der Waals surface area contributed by atoms with Crippen molar-refractivity contribution < 1.29 is 6.48 Å². The molecule has 0 fully saturated rings. The van der Waals surface area contributed by atoms with Crippen LogP contribution in [0.5, 0.6) is 5.75 Å². The molecule has 0 amide bonds. The summed E-state index contributed by atoms with van der Waals surface area (Å²) in [5.41, 5.74) is 0.751. The van der Waals surface area contributed by atoms with Gasteiger partial charge in [0.1, 0.15) is 5.75 Å². The Bertz CT molecular complexity index is 336. The summed E-state index contributed by atoms with van der Waals surface area (Å²) in [6.45, 7) is 3.60. The van der Waals surface area contributed by atoms with Crippen molar-refractivity contribution in [3.05, 3.63) is 31.4 Å². The summed E-state index contributed by atoms with van der Waals surface area (Å²) < 4.78 is 8.92. The molecule has 1 N–H and O–H groups in total. The van der Waals surface area contributed by atoms with Crippen LogP contribution in [0.25, 0.3) is 6.08 Å². The number of hydrogen-bond acceptors (Lipinski definition) is 1. The average Bonchev–Trinajstić information content (AvgIpc) is 2.08. The summed E-state index contributed by atoms with van der Waals surface area (Å²) in [5, 5.41) is 9.44. The highest BCUT2D eigenvalue weighted by atomic mass is 127. The van der Waals surface area contributed by atoms with Crippen LogP contribution in [0.2, 0.25) is 0 Å². The molecule has 0 heterocycles. The Morgan fingerprint density at radius 3 is 2.73 bits per heavy atom. The summed E-state index contributed by atoms with van der Waals surface area (Å²) in [5.74, 6) is 0.187. The lowest BCUT2D eigenvalue weighted by molar-refractivity contribution is 0.467. The quantitative estimate of drug-likeness (QED) is 0.750. The van der Waals surface area contributed by atoms with E-state index in [1.807, 2.05) is 45.2 Å². The molecule has 0 aromatic heterocycles. The van der Waals surface area contributed by atoms with Gasteiger partial charge in [0, 0.05) is 0 Å². The zero-order chi connectivity index (χ0) is 9.30. The van der Waals surface area contributed by atoms with Crippen molar-refractivity contribution in [3.63, 3.8) is 0 Å². The highest BCUT2D eigenvalue weighted by Crippen LogP contribution is 2.27. The molecule has 0 spiro atoms. The van der Waals surface area contributed by atoms with Crippen LogP contribution in [-0.2, 0) is 0 Å². The topological polar surface area (TPSA) is 20.2 Å². The molecule has 1 rings (SSSR count). The largest absolute Gasteiger partial charge is 0.506 e. The Morgan fingerprint density at radius 1 is 1.55 bits per heavy atom. The zero-order valence-electron chi connectivity index (χ0n) is 6.56. The van der Waals surface area contributed by atoms with Crippen LogP contribution >= 0.6 is 45.2 Å². The van der Waals surface area contributed by atoms with E-state index in [2.05, 4.69) is 6.58 Å². The standard InChI is InChI=1S/C8H6I2O/c1-2-5-3-6(9)8(11)7(10)4-5/h2-4,11H,1H2/i3D. The molecule has 1 aromatic carbocycles. The van der Waals surface area contributed by atoms with Gasteiger partial charge in [0.2, 0.25) is 0 Å². The molecule has 0 bridgehead atoms. The SMILES string of the molecule is [2H]c1c(C=C)cc(I)c(O)c1I. The van der Waals surface area contributed by atoms with Crippen molar-refractivity contribution in [3.8, 4) is 5.75 Å². The first-order valence-electron chi connectivity index (χ1n) is 3.38. The zero-order valence-corrected chi connectivity index (χ0v) is 9.88. The van der Waals surface area contributed by atoms with Crippen LogP contribution in [0.3, 0.4) is 0 Å². The van der Waals surface area contributed by atoms with Gasteiger partial charge in [0.05, 0.1) is 8.51 Å². The Labute approximate surface area is 94.2 Å². The van der Waals surface area contributed by atoms with E-state index in [0.717, 1.165) is 9.13 Å². The summed E-state index contributed by atoms with van der Waals surface area (Å²) in [7, 11) is 0. The van der Waals surface area contributed by atoms with E-state index < -0.39 is 0 Å². The molecule has 1 aromatic rings. The van der Waals surface area contributed by atoms with Gasteiger partial charge in [-0.1, -0.05) is 12.7 Å². The first-order chi connectivity index (χ1) is 5.57. The van der Waals surface area contributed by atoms with E-state index >= 15 is 0 Å². The van der Waals surface area contributed by atoms with Crippen LogP contribution < -0.4 is 0 Å². The molecule has 0 atom stereocenters. The van der Waals surface area contributed by atoms with Crippen LogP contribution in [0.1, 0.15) is 6.93 Å². The Hall–Kier alpha value is 0.220. The van der Waals surface area contributed by atoms with Gasteiger partial charge in [-0.3, -0.25) is 0 Å². The van der Waals surface area contributed by atoms with Crippen LogP contribution in [-0.4, -0.2) is 5.11 Å². The maximum Gasteiger partial charge on any atom is 0.142 e. The third-order valence-corrected chi connectivity index (χ3v) is 2.79. The van der Waals surface area contributed by atoms with Crippen LogP contribution in [0, 0.1) is 7.14 Å². The highest BCUT2D eigenvalue weighted by molar-refractivity contribution is 14.1. The molecular formula is C8H6I2O. The first-order valence-corrected chi connectivity index (χ1v) is 5.03. The molecule has 0 unspecified atom stereocenters. The second kappa shape index (κ2) is 3.75. The molecule has 0 aliphatic rings. The molecule has 58 valence electrons. The summed E-state index contributed by atoms with van der Waals surface area (Å²) in [6, 6.07) is 2.08. The monoisotopic (exact) mass is 373 g/mol. The molecule has 0 radical (unpaired) electrons. The fourth-order valence-corrected chi connectivity index (χ4v) is 2.36. The predicted molar refractivity (Wildman–Crippen MR) is 63.6 cm³/mol. The molecular weight excluding hydrogens is 366 g/mol. The van der Waals surface area contributed by atoms with Crippen molar-refractivity contribution in [2.45, 2.75) is 0 Å². The van der Waals surface area contributed by atoms with E-state index in [-0.39, 0.29) is 5.75 Å². The molecule has 0 aliphatic heterocycles. The molecule has 3 heteroatoms. The van der Waals surface area contributed by atoms with Gasteiger partial charge in [-0.25, -0.2) is 0 Å². The van der Waals surface area contributed by atoms with Gasteiger partial charge >= 0.3 is 0 Å². The van der Waals surface area contributed by atoms with Crippen LogP contribution in [0.15, 0.2) is 18.7 Å². The number of aromatic hydroxyl groups is 1. The second-order valence-corrected chi connectivity index (χ2v) is 4.18. The number of halogens is 2. The summed E-state index contributed by atoms with van der Waals surface area (Å²) >= 11 is 3.98. The minimum atomic E-state index is 0.187. The summed E-state index contributed by atoms with van der Waals surface area (Å²) in [6.07, 6.45) is 1.62. The van der Waals surface area contributed by atoms with Crippen molar-refractivity contribution >= 4 is 51.3 Å². The third-order valence-electron chi connectivity index (χ3n) is 1.19. The summed E-state index contributed by atoms with van der Waals surface area (Å²) in [4.78, 5) is 0. The molecule has 0 saturated heterocycles. The number of rotatable bonds is 1. The van der Waals surface area contributed by atoms with E-state index in [0.29, 0.717) is 9.61 Å². The van der Waals surface area contributed by atoms with Crippen molar-refractivity contribution in [1.82, 2.24) is 0 Å². The van der Waals surface area contributed by atoms with E-state index in [4.69, 9.17) is 1.37 Å². The number of benzene rings is 1. The number of hydrogen-bond donors (Lipinski definition) is 1. The van der Waals surface area contributed by atoms with Crippen molar-refractivity contribution in [2.24, 2.45) is 0 Å². The van der Waals surface area contributed by atoms with Gasteiger partial charge in [-0.2, -0.15) is 0 Å². The minimum absolute atomic E-state index is 0.187. The van der Waals surface area contributed by atoms with E-state index in [1.165, 1.54) is 0 Å². The van der Waals surface area contributed by atoms with Crippen molar-refractivity contribution in [1.29, 1.82) is 0 Å². The van der Waals surface area contributed by atoms with Gasteiger partial charge in [-0.15, -0.1) is 0 Å². The highest BCUT2D eigenvalue weighted by Gasteiger charge is 2.02. The van der Waals surface area contributed by atoms with Crippen molar-refractivity contribution in [2.75, 3.05) is 0 Å². The molecule has 0 aliphatic carbocycles. The second-order valence-electron chi connectivity index (χ2n) is 1.94. The van der Waals surface area contributed by atoms with Gasteiger partial charge < -0.3 is 5.11 Å². The Kier molecular flexibility index (Phi) is 2.68. The lowest BCUT2D eigenvalue weighted by Gasteiger charge is -2.01. The number of phenols is 1.